The van der Waals surface area contributed by atoms with Crippen LogP contribution in [-0.4, -0.2) is 32.8 Å². The van der Waals surface area contributed by atoms with Crippen LogP contribution in [0.25, 0.3) is 11.4 Å². The summed E-state index contributed by atoms with van der Waals surface area (Å²) in [6, 6.07) is 2.50. The zero-order valence-corrected chi connectivity index (χ0v) is 11.5. The second-order valence-electron chi connectivity index (χ2n) is 4.43. The van der Waals surface area contributed by atoms with Crippen LogP contribution in [0.4, 0.5) is 0 Å². The smallest absolute Gasteiger partial charge is 0.165 e. The van der Waals surface area contributed by atoms with Crippen molar-refractivity contribution in [1.82, 2.24) is 25.1 Å². The van der Waals surface area contributed by atoms with Gasteiger partial charge in [-0.1, -0.05) is 0 Å². The highest BCUT2D eigenvalue weighted by atomic mass is 79.9. The molecule has 0 aliphatic carbocycles. The zero-order valence-electron chi connectivity index (χ0n) is 9.88. The lowest BCUT2D eigenvalue weighted by Gasteiger charge is -2.24. The Morgan fingerprint density at radius 2 is 2.11 bits per heavy atom. The fourth-order valence-electron chi connectivity index (χ4n) is 2.34. The molecule has 1 aliphatic heterocycles. The summed E-state index contributed by atoms with van der Waals surface area (Å²) in [7, 11) is 0. The van der Waals surface area contributed by atoms with Gasteiger partial charge < -0.3 is 9.88 Å². The minimum Gasteiger partial charge on any atom is -0.317 e. The van der Waals surface area contributed by atoms with Gasteiger partial charge in [-0.05, 0) is 47.9 Å². The molecule has 6 heteroatoms. The molecule has 94 valence electrons. The Balaban J connectivity index is 1.95. The fourth-order valence-corrected chi connectivity index (χ4v) is 2.70. The van der Waals surface area contributed by atoms with Gasteiger partial charge in [0.25, 0.3) is 0 Å². The normalized spacial score (nSPS) is 16.9. The molecule has 3 heterocycles. The molecule has 0 aromatic carbocycles. The van der Waals surface area contributed by atoms with E-state index in [1.165, 1.54) is 0 Å². The minimum atomic E-state index is 0.482. The molecule has 3 rings (SSSR count). The number of pyridine rings is 1. The van der Waals surface area contributed by atoms with E-state index in [0.29, 0.717) is 6.04 Å². The molecule has 0 spiro atoms. The van der Waals surface area contributed by atoms with Crippen LogP contribution in [-0.2, 0) is 0 Å². The maximum absolute atomic E-state index is 4.23. The van der Waals surface area contributed by atoms with Crippen LogP contribution in [0.2, 0.25) is 0 Å². The Kier molecular flexibility index (Phi) is 3.38. The zero-order chi connectivity index (χ0) is 12.4. The monoisotopic (exact) mass is 307 g/mol. The lowest BCUT2D eigenvalue weighted by atomic mass is 10.1. The molecule has 0 atom stereocenters. The second-order valence-corrected chi connectivity index (χ2v) is 5.35. The van der Waals surface area contributed by atoms with Crippen molar-refractivity contribution in [1.29, 1.82) is 0 Å². The number of piperidine rings is 1. The highest BCUT2D eigenvalue weighted by molar-refractivity contribution is 9.10. The van der Waals surface area contributed by atoms with E-state index in [1.54, 1.807) is 6.20 Å². The van der Waals surface area contributed by atoms with E-state index in [4.69, 9.17) is 0 Å². The number of halogens is 1. The van der Waals surface area contributed by atoms with Crippen LogP contribution in [0.15, 0.2) is 29.3 Å². The maximum atomic E-state index is 4.23. The average molecular weight is 308 g/mol. The van der Waals surface area contributed by atoms with Crippen molar-refractivity contribution in [3.05, 3.63) is 29.3 Å². The Hall–Kier alpha value is -1.27. The number of hydrogen-bond donors (Lipinski definition) is 1. The summed E-state index contributed by atoms with van der Waals surface area (Å²) in [6.07, 6.45) is 7.66. The molecule has 0 saturated carbocycles. The van der Waals surface area contributed by atoms with Gasteiger partial charge in [0.15, 0.2) is 5.82 Å². The summed E-state index contributed by atoms with van der Waals surface area (Å²) in [5.41, 5.74) is 1.00. The summed E-state index contributed by atoms with van der Waals surface area (Å²) in [6.45, 7) is 2.11. The molecule has 0 unspecified atom stereocenters. The molecular weight excluding hydrogens is 294 g/mol. The number of nitrogens with zero attached hydrogens (tertiary/aromatic N) is 4. The Labute approximate surface area is 114 Å². The molecule has 1 N–H and O–H groups in total. The van der Waals surface area contributed by atoms with Crippen LogP contribution in [0.3, 0.4) is 0 Å². The van der Waals surface area contributed by atoms with Crippen LogP contribution in [0.5, 0.6) is 0 Å². The van der Waals surface area contributed by atoms with E-state index < -0.39 is 0 Å². The summed E-state index contributed by atoms with van der Waals surface area (Å²) in [5.74, 6) is 0.899. The van der Waals surface area contributed by atoms with Crippen LogP contribution >= 0.6 is 15.9 Å². The lowest BCUT2D eigenvalue weighted by Crippen LogP contribution is -2.29. The van der Waals surface area contributed by atoms with Gasteiger partial charge in [-0.3, -0.25) is 4.98 Å². The summed E-state index contributed by atoms with van der Waals surface area (Å²) in [5, 5.41) is 11.7. The van der Waals surface area contributed by atoms with E-state index in [1.807, 2.05) is 18.6 Å². The number of hydrogen-bond acceptors (Lipinski definition) is 4. The Morgan fingerprint density at radius 3 is 2.89 bits per heavy atom. The Bertz CT molecular complexity index is 533. The standard InChI is InChI=1S/C12H14BrN5/c13-10-5-9(6-15-7-10)12-17-16-8-18(12)11-1-3-14-4-2-11/h5-8,11,14H,1-4H2. The van der Waals surface area contributed by atoms with Crippen LogP contribution in [0.1, 0.15) is 18.9 Å². The van der Waals surface area contributed by atoms with Gasteiger partial charge in [0.2, 0.25) is 0 Å². The SMILES string of the molecule is Brc1cncc(-c2nncn2C2CCNCC2)c1. The lowest BCUT2D eigenvalue weighted by molar-refractivity contribution is 0.370. The minimum absolute atomic E-state index is 0.482. The van der Waals surface area contributed by atoms with Crippen LogP contribution in [0, 0.1) is 0 Å². The average Bonchev–Trinajstić information content (AvgIpc) is 2.89. The molecule has 0 bridgehead atoms. The molecule has 1 saturated heterocycles. The van der Waals surface area contributed by atoms with Gasteiger partial charge in [-0.2, -0.15) is 0 Å². The van der Waals surface area contributed by atoms with Gasteiger partial charge in [0.05, 0.1) is 0 Å². The second kappa shape index (κ2) is 5.16. The van der Waals surface area contributed by atoms with Crippen molar-refractivity contribution in [2.45, 2.75) is 18.9 Å². The van der Waals surface area contributed by atoms with Crippen molar-refractivity contribution >= 4 is 15.9 Å². The number of nitrogens with one attached hydrogen (secondary N) is 1. The first-order valence-corrected chi connectivity index (χ1v) is 6.85. The topological polar surface area (TPSA) is 55.6 Å². The molecule has 0 amide bonds. The van der Waals surface area contributed by atoms with Crippen molar-refractivity contribution in [3.8, 4) is 11.4 Å². The molecular formula is C12H14BrN5. The van der Waals surface area contributed by atoms with Gasteiger partial charge in [0, 0.05) is 28.5 Å². The summed E-state index contributed by atoms with van der Waals surface area (Å²) >= 11 is 3.44. The third kappa shape index (κ3) is 2.30. The van der Waals surface area contributed by atoms with Gasteiger partial charge in [0.1, 0.15) is 6.33 Å². The summed E-state index contributed by atoms with van der Waals surface area (Å²) in [4.78, 5) is 4.19. The molecule has 1 aliphatic rings. The number of aromatic nitrogens is 4. The van der Waals surface area contributed by atoms with Crippen LogP contribution < -0.4 is 5.32 Å². The third-order valence-corrected chi connectivity index (χ3v) is 3.67. The molecule has 2 aromatic heterocycles. The van der Waals surface area contributed by atoms with Crippen molar-refractivity contribution in [3.63, 3.8) is 0 Å². The van der Waals surface area contributed by atoms with Gasteiger partial charge in [-0.25, -0.2) is 0 Å². The first-order valence-electron chi connectivity index (χ1n) is 6.06. The maximum Gasteiger partial charge on any atom is 0.165 e. The summed E-state index contributed by atoms with van der Waals surface area (Å²) < 4.78 is 3.13. The highest BCUT2D eigenvalue weighted by Gasteiger charge is 2.19. The molecule has 1 fully saturated rings. The molecule has 0 radical (unpaired) electrons. The first kappa shape index (κ1) is 11.8. The van der Waals surface area contributed by atoms with Crippen molar-refractivity contribution < 1.29 is 0 Å². The Morgan fingerprint density at radius 1 is 1.28 bits per heavy atom. The predicted molar refractivity (Wildman–Crippen MR) is 72.1 cm³/mol. The first-order chi connectivity index (χ1) is 8.84. The molecule has 5 nitrogen and oxygen atoms in total. The van der Waals surface area contributed by atoms with Gasteiger partial charge in [-0.15, -0.1) is 10.2 Å². The largest absolute Gasteiger partial charge is 0.317 e. The fraction of sp³-hybridized carbons (Fsp3) is 0.417. The van der Waals surface area contributed by atoms with E-state index in [9.17, 15) is 0 Å². The van der Waals surface area contributed by atoms with Crippen molar-refractivity contribution in [2.24, 2.45) is 0 Å². The van der Waals surface area contributed by atoms with Gasteiger partial charge >= 0.3 is 0 Å². The quantitative estimate of drug-likeness (QED) is 0.922. The van der Waals surface area contributed by atoms with E-state index in [0.717, 1.165) is 41.8 Å². The van der Waals surface area contributed by atoms with E-state index in [2.05, 4.69) is 41.0 Å². The number of rotatable bonds is 2. The third-order valence-electron chi connectivity index (χ3n) is 3.24. The van der Waals surface area contributed by atoms with E-state index >= 15 is 0 Å². The predicted octanol–water partition coefficient (Wildman–Crippen LogP) is 2.03. The molecule has 18 heavy (non-hydrogen) atoms. The van der Waals surface area contributed by atoms with Crippen molar-refractivity contribution in [2.75, 3.05) is 13.1 Å². The molecule has 2 aromatic rings. The highest BCUT2D eigenvalue weighted by Crippen LogP contribution is 2.26. The van der Waals surface area contributed by atoms with E-state index in [-0.39, 0.29) is 0 Å².